The van der Waals surface area contributed by atoms with Crippen LogP contribution in [0.4, 0.5) is 11.8 Å². The molecule has 1 fully saturated rings. The number of nitrogens with zero attached hydrogens (tertiary/aromatic N) is 3. The first-order valence-corrected chi connectivity index (χ1v) is 8.70. The van der Waals surface area contributed by atoms with Crippen molar-refractivity contribution < 1.29 is 8.42 Å². The van der Waals surface area contributed by atoms with Gasteiger partial charge in [-0.15, -0.1) is 0 Å². The normalized spacial score (nSPS) is 21.1. The van der Waals surface area contributed by atoms with Gasteiger partial charge in [0.25, 0.3) is 0 Å². The van der Waals surface area contributed by atoms with Gasteiger partial charge in [-0.25, -0.2) is 13.4 Å². The van der Waals surface area contributed by atoms with Crippen LogP contribution in [0.5, 0.6) is 0 Å². The van der Waals surface area contributed by atoms with Gasteiger partial charge in [0.05, 0.1) is 11.5 Å². The van der Waals surface area contributed by atoms with Crippen LogP contribution in [0.2, 0.25) is 0 Å². The quantitative estimate of drug-likeness (QED) is 0.879. The minimum absolute atomic E-state index is 0.0275. The lowest BCUT2D eigenvalue weighted by molar-refractivity contribution is 0.600. The Morgan fingerprint density at radius 1 is 1.50 bits per heavy atom. The van der Waals surface area contributed by atoms with E-state index in [0.717, 1.165) is 12.4 Å². The van der Waals surface area contributed by atoms with Crippen LogP contribution in [0.15, 0.2) is 12.3 Å². The summed E-state index contributed by atoms with van der Waals surface area (Å²) in [4.78, 5) is 10.6. The molecule has 0 radical (unpaired) electrons. The van der Waals surface area contributed by atoms with Gasteiger partial charge in [0.1, 0.15) is 5.82 Å². The predicted molar refractivity (Wildman–Crippen MR) is 80.8 cm³/mol. The molecule has 2 rings (SSSR count). The van der Waals surface area contributed by atoms with Crippen molar-refractivity contribution in [2.45, 2.75) is 26.3 Å². The number of hydrogen-bond donors (Lipinski definition) is 1. The van der Waals surface area contributed by atoms with Gasteiger partial charge in [-0.05, 0) is 18.4 Å². The molecule has 6 nitrogen and oxygen atoms in total. The van der Waals surface area contributed by atoms with Crippen molar-refractivity contribution in [1.29, 1.82) is 0 Å². The average Bonchev–Trinajstić information content (AvgIpc) is 2.76. The van der Waals surface area contributed by atoms with E-state index in [1.54, 1.807) is 6.20 Å². The highest BCUT2D eigenvalue weighted by Gasteiger charge is 2.31. The van der Waals surface area contributed by atoms with Crippen LogP contribution < -0.4 is 10.2 Å². The first-order chi connectivity index (χ1) is 9.37. The maximum Gasteiger partial charge on any atom is 0.227 e. The highest BCUT2D eigenvalue weighted by molar-refractivity contribution is 7.91. The molecule has 1 aliphatic heterocycles. The van der Waals surface area contributed by atoms with E-state index in [0.29, 0.717) is 18.3 Å². The molecule has 1 N–H and O–H groups in total. The van der Waals surface area contributed by atoms with Crippen molar-refractivity contribution in [3.05, 3.63) is 12.3 Å². The number of anilines is 2. The van der Waals surface area contributed by atoms with Gasteiger partial charge in [-0.3, -0.25) is 0 Å². The van der Waals surface area contributed by atoms with E-state index in [1.165, 1.54) is 0 Å². The number of aromatic nitrogens is 2. The maximum atomic E-state index is 11.5. The Kier molecular flexibility index (Phi) is 4.47. The molecule has 1 saturated heterocycles. The molecule has 0 spiro atoms. The zero-order valence-electron chi connectivity index (χ0n) is 12.2. The fraction of sp³-hybridized carbons (Fsp3) is 0.692. The first kappa shape index (κ1) is 15.0. The summed E-state index contributed by atoms with van der Waals surface area (Å²) in [5.74, 6) is 2.33. The zero-order valence-corrected chi connectivity index (χ0v) is 13.0. The molecule has 1 aromatic heterocycles. The van der Waals surface area contributed by atoms with Gasteiger partial charge >= 0.3 is 0 Å². The van der Waals surface area contributed by atoms with Crippen LogP contribution >= 0.6 is 0 Å². The molecule has 0 aromatic carbocycles. The van der Waals surface area contributed by atoms with E-state index >= 15 is 0 Å². The van der Waals surface area contributed by atoms with E-state index in [1.807, 2.05) is 18.0 Å². The minimum atomic E-state index is -2.89. The third kappa shape index (κ3) is 3.82. The van der Waals surface area contributed by atoms with Crippen LogP contribution in [0.1, 0.15) is 20.3 Å². The summed E-state index contributed by atoms with van der Waals surface area (Å²) < 4.78 is 23.1. The van der Waals surface area contributed by atoms with Gasteiger partial charge in [0.2, 0.25) is 5.95 Å². The number of rotatable bonds is 5. The maximum absolute atomic E-state index is 11.5. The number of sulfone groups is 1. The Morgan fingerprint density at radius 3 is 2.85 bits per heavy atom. The average molecular weight is 298 g/mol. The highest BCUT2D eigenvalue weighted by atomic mass is 32.2. The van der Waals surface area contributed by atoms with Gasteiger partial charge in [0.15, 0.2) is 9.84 Å². The summed E-state index contributed by atoms with van der Waals surface area (Å²) in [6.45, 7) is 5.10. The Hall–Kier alpha value is -1.37. The largest absolute Gasteiger partial charge is 0.370 e. The summed E-state index contributed by atoms with van der Waals surface area (Å²) in [7, 11) is -1.04. The minimum Gasteiger partial charge on any atom is -0.370 e. The standard InChI is InChI=1S/C13H22N4O2S/c1-10(2)8-15-12-4-6-14-13(16-12)17(3)11-5-7-20(18,19)9-11/h4,6,10-11H,5,7-9H2,1-3H3,(H,14,15,16). The summed E-state index contributed by atoms with van der Waals surface area (Å²) in [6.07, 6.45) is 2.34. The lowest BCUT2D eigenvalue weighted by Gasteiger charge is -2.23. The Bertz CT molecular complexity index is 559. The molecule has 112 valence electrons. The van der Waals surface area contributed by atoms with Gasteiger partial charge < -0.3 is 10.2 Å². The van der Waals surface area contributed by atoms with Crippen LogP contribution in [0.25, 0.3) is 0 Å². The second-order valence-electron chi connectivity index (χ2n) is 5.68. The SMILES string of the molecule is CC(C)CNc1ccnc(N(C)C2CCS(=O)(=O)C2)n1. The monoisotopic (exact) mass is 298 g/mol. The van der Waals surface area contributed by atoms with Crippen molar-refractivity contribution in [2.24, 2.45) is 5.92 Å². The summed E-state index contributed by atoms with van der Waals surface area (Å²) >= 11 is 0. The van der Waals surface area contributed by atoms with Crippen molar-refractivity contribution >= 4 is 21.6 Å². The van der Waals surface area contributed by atoms with Crippen LogP contribution in [0.3, 0.4) is 0 Å². The predicted octanol–water partition coefficient (Wildman–Crippen LogP) is 1.17. The second-order valence-corrected chi connectivity index (χ2v) is 7.91. The van der Waals surface area contributed by atoms with Crippen molar-refractivity contribution in [3.63, 3.8) is 0 Å². The topological polar surface area (TPSA) is 75.2 Å². The van der Waals surface area contributed by atoms with Crippen molar-refractivity contribution in [2.75, 3.05) is 35.3 Å². The Morgan fingerprint density at radius 2 is 2.25 bits per heavy atom. The molecular weight excluding hydrogens is 276 g/mol. The third-order valence-electron chi connectivity index (χ3n) is 3.41. The summed E-state index contributed by atoms with van der Waals surface area (Å²) in [6, 6.07) is 1.80. The first-order valence-electron chi connectivity index (χ1n) is 6.87. The van der Waals surface area contributed by atoms with Gasteiger partial charge in [-0.2, -0.15) is 4.98 Å². The molecular formula is C13H22N4O2S. The molecule has 0 amide bonds. The van der Waals surface area contributed by atoms with E-state index < -0.39 is 9.84 Å². The fourth-order valence-electron chi connectivity index (χ4n) is 2.17. The highest BCUT2D eigenvalue weighted by Crippen LogP contribution is 2.20. The molecule has 1 aromatic rings. The summed E-state index contributed by atoms with van der Waals surface area (Å²) in [5.41, 5.74) is 0. The van der Waals surface area contributed by atoms with E-state index in [2.05, 4.69) is 29.1 Å². The molecule has 20 heavy (non-hydrogen) atoms. The van der Waals surface area contributed by atoms with Crippen LogP contribution in [0, 0.1) is 5.92 Å². The number of hydrogen-bond acceptors (Lipinski definition) is 6. The van der Waals surface area contributed by atoms with Crippen molar-refractivity contribution in [1.82, 2.24) is 9.97 Å². The molecule has 0 bridgehead atoms. The number of nitrogens with one attached hydrogen (secondary N) is 1. The molecule has 1 unspecified atom stereocenters. The van der Waals surface area contributed by atoms with Crippen LogP contribution in [-0.4, -0.2) is 49.5 Å². The molecule has 0 saturated carbocycles. The van der Waals surface area contributed by atoms with Gasteiger partial charge in [0, 0.05) is 25.8 Å². The third-order valence-corrected chi connectivity index (χ3v) is 5.16. The van der Waals surface area contributed by atoms with E-state index in [4.69, 9.17) is 0 Å². The lowest BCUT2D eigenvalue weighted by Crippen LogP contribution is -2.34. The Labute approximate surface area is 120 Å². The molecule has 1 aliphatic rings. The fourth-order valence-corrected chi connectivity index (χ4v) is 3.94. The molecule has 2 heterocycles. The Balaban J connectivity index is 2.06. The smallest absolute Gasteiger partial charge is 0.227 e. The van der Waals surface area contributed by atoms with Crippen molar-refractivity contribution in [3.8, 4) is 0 Å². The molecule has 0 aliphatic carbocycles. The van der Waals surface area contributed by atoms with Crippen LogP contribution in [-0.2, 0) is 9.84 Å². The molecule has 1 atom stereocenters. The zero-order chi connectivity index (χ0) is 14.8. The molecule has 7 heteroatoms. The van der Waals surface area contributed by atoms with E-state index in [-0.39, 0.29) is 17.5 Å². The van der Waals surface area contributed by atoms with E-state index in [9.17, 15) is 8.42 Å². The second kappa shape index (κ2) is 5.95. The lowest BCUT2D eigenvalue weighted by atomic mass is 10.2. The summed E-state index contributed by atoms with van der Waals surface area (Å²) in [5, 5.41) is 3.25. The van der Waals surface area contributed by atoms with Gasteiger partial charge in [-0.1, -0.05) is 13.8 Å².